The third-order valence-corrected chi connectivity index (χ3v) is 5.27. The summed E-state index contributed by atoms with van der Waals surface area (Å²) >= 11 is 8.10. The Balaban J connectivity index is 1.92. The van der Waals surface area contributed by atoms with E-state index in [1.54, 1.807) is 12.1 Å². The first-order valence-electron chi connectivity index (χ1n) is 8.20. The van der Waals surface area contributed by atoms with Gasteiger partial charge in [0.1, 0.15) is 0 Å². The summed E-state index contributed by atoms with van der Waals surface area (Å²) < 4.78 is 42.7. The van der Waals surface area contributed by atoms with Crippen molar-refractivity contribution in [3.05, 3.63) is 55.9 Å². The molecule has 3 rings (SSSR count). The quantitative estimate of drug-likeness (QED) is 0.217. The van der Waals surface area contributed by atoms with Crippen molar-refractivity contribution in [2.24, 2.45) is 5.92 Å². The maximum Gasteiger partial charge on any atom is 0.277 e. The van der Waals surface area contributed by atoms with Gasteiger partial charge in [0.15, 0.2) is 23.2 Å². The van der Waals surface area contributed by atoms with E-state index in [9.17, 15) is 23.1 Å². The Hall–Kier alpha value is -1.56. The van der Waals surface area contributed by atoms with E-state index >= 15 is 0 Å². The molecular formula is C18H15ClF3IN2O3. The average Bonchev–Trinajstić information content (AvgIpc) is 3.47. The highest BCUT2D eigenvalue weighted by Gasteiger charge is 2.42. The van der Waals surface area contributed by atoms with E-state index in [1.807, 2.05) is 28.1 Å². The Kier molecular flexibility index (Phi) is 6.08. The lowest BCUT2D eigenvalue weighted by molar-refractivity contribution is -0.230. The van der Waals surface area contributed by atoms with Crippen molar-refractivity contribution in [1.29, 1.82) is 0 Å². The van der Waals surface area contributed by atoms with Gasteiger partial charge in [-0.25, -0.2) is 23.5 Å². The number of hydroxylamine groups is 1. The maximum atomic E-state index is 14.4. The molecule has 0 aliphatic heterocycles. The molecule has 2 aromatic rings. The number of hydrogen-bond acceptors (Lipinski definition) is 4. The van der Waals surface area contributed by atoms with Crippen molar-refractivity contribution in [2.45, 2.75) is 25.6 Å². The van der Waals surface area contributed by atoms with Crippen LogP contribution in [-0.2, 0) is 4.84 Å². The van der Waals surface area contributed by atoms with Crippen molar-refractivity contribution in [1.82, 2.24) is 5.48 Å². The smallest absolute Gasteiger partial charge is 0.277 e. The van der Waals surface area contributed by atoms with Crippen LogP contribution < -0.4 is 10.8 Å². The highest BCUT2D eigenvalue weighted by atomic mass is 127. The van der Waals surface area contributed by atoms with E-state index in [-0.39, 0.29) is 16.6 Å². The van der Waals surface area contributed by atoms with Gasteiger partial charge in [0.05, 0.1) is 22.0 Å². The number of halogens is 5. The summed E-state index contributed by atoms with van der Waals surface area (Å²) in [6, 6.07) is 5.26. The van der Waals surface area contributed by atoms with E-state index in [0.717, 1.165) is 16.4 Å². The van der Waals surface area contributed by atoms with Gasteiger partial charge in [-0.05, 0) is 66.6 Å². The fourth-order valence-electron chi connectivity index (χ4n) is 2.53. The molecule has 1 atom stereocenters. The molecule has 0 radical (unpaired) electrons. The first-order chi connectivity index (χ1) is 13.1. The Morgan fingerprint density at radius 2 is 1.96 bits per heavy atom. The maximum absolute atomic E-state index is 14.4. The van der Waals surface area contributed by atoms with E-state index in [4.69, 9.17) is 16.4 Å². The number of carbonyl (C=O) groups excluding carboxylic acids is 1. The molecule has 10 heteroatoms. The van der Waals surface area contributed by atoms with Crippen LogP contribution >= 0.6 is 34.2 Å². The summed E-state index contributed by atoms with van der Waals surface area (Å²) in [5, 5.41) is 12.8. The second-order valence-corrected chi connectivity index (χ2v) is 8.17. The minimum atomic E-state index is -1.74. The van der Waals surface area contributed by atoms with Crippen molar-refractivity contribution in [3.8, 4) is 0 Å². The Morgan fingerprint density at radius 3 is 2.57 bits per heavy atom. The topological polar surface area (TPSA) is 70.6 Å². The highest BCUT2D eigenvalue weighted by Crippen LogP contribution is 2.39. The minimum absolute atomic E-state index is 0.155. The van der Waals surface area contributed by atoms with Gasteiger partial charge in [-0.2, -0.15) is 0 Å². The Bertz CT molecular complexity index is 939. The van der Waals surface area contributed by atoms with Gasteiger partial charge in [-0.3, -0.25) is 4.79 Å². The molecule has 1 aliphatic rings. The fourth-order valence-corrected chi connectivity index (χ4v) is 3.43. The van der Waals surface area contributed by atoms with Gasteiger partial charge >= 0.3 is 0 Å². The molecule has 0 spiro atoms. The second kappa shape index (κ2) is 8.05. The lowest BCUT2D eigenvalue weighted by atomic mass is 10.1. The molecule has 5 nitrogen and oxygen atoms in total. The lowest BCUT2D eigenvalue weighted by Gasteiger charge is -2.23. The molecule has 1 saturated carbocycles. The summed E-state index contributed by atoms with van der Waals surface area (Å²) in [5.74, 6) is -7.73. The van der Waals surface area contributed by atoms with Gasteiger partial charge in [0, 0.05) is 9.49 Å². The predicted octanol–water partition coefficient (Wildman–Crippen LogP) is 4.89. The van der Waals surface area contributed by atoms with Crippen molar-refractivity contribution in [3.63, 3.8) is 0 Å². The third-order valence-electron chi connectivity index (χ3n) is 4.28. The minimum Gasteiger partial charge on any atom is -0.364 e. The molecule has 28 heavy (non-hydrogen) atoms. The van der Waals surface area contributed by atoms with Gasteiger partial charge in [0.25, 0.3) is 5.91 Å². The molecular weight excluding hydrogens is 512 g/mol. The van der Waals surface area contributed by atoms with Gasteiger partial charge in [-0.1, -0.05) is 11.6 Å². The van der Waals surface area contributed by atoms with Crippen LogP contribution in [0.5, 0.6) is 0 Å². The number of rotatable bonds is 6. The van der Waals surface area contributed by atoms with E-state index in [0.29, 0.717) is 6.07 Å². The zero-order valence-corrected chi connectivity index (χ0v) is 17.4. The number of amides is 1. The molecule has 1 fully saturated rings. The first kappa shape index (κ1) is 21.2. The SMILES string of the molecule is CC(O)(ONC(=O)c1cc(F)c(F)c(F)c1Nc1ccc(I)cc1Cl)C1CC1. The molecule has 0 aromatic heterocycles. The van der Waals surface area contributed by atoms with Crippen LogP contribution in [0.1, 0.15) is 30.1 Å². The fraction of sp³-hybridized carbons (Fsp3) is 0.278. The zero-order chi connectivity index (χ0) is 20.6. The van der Waals surface area contributed by atoms with Crippen LogP contribution in [0.25, 0.3) is 0 Å². The Morgan fingerprint density at radius 1 is 1.29 bits per heavy atom. The zero-order valence-electron chi connectivity index (χ0n) is 14.5. The standard InChI is InChI=1S/C18H15ClF3IN2O3/c1-18(27,8-2-3-8)28-25-17(26)10-7-12(20)14(21)15(22)16(10)24-13-5-4-9(23)6-11(13)19/h4-8,24,27H,2-3H2,1H3,(H,25,26). The van der Waals surface area contributed by atoms with Crippen LogP contribution in [0.15, 0.2) is 24.3 Å². The first-order valence-corrected chi connectivity index (χ1v) is 9.66. The molecule has 0 saturated heterocycles. The summed E-state index contributed by atoms with van der Waals surface area (Å²) in [6.07, 6.45) is 1.45. The molecule has 1 amide bonds. The van der Waals surface area contributed by atoms with Gasteiger partial charge in [-0.15, -0.1) is 0 Å². The van der Waals surface area contributed by atoms with Crippen molar-refractivity contribution < 1.29 is 27.9 Å². The van der Waals surface area contributed by atoms with Gasteiger partial charge < -0.3 is 10.4 Å². The molecule has 0 heterocycles. The average molecular weight is 527 g/mol. The number of benzene rings is 2. The Labute approximate surface area is 177 Å². The molecule has 1 aliphatic carbocycles. The second-order valence-electron chi connectivity index (χ2n) is 6.52. The third kappa shape index (κ3) is 4.53. The summed E-state index contributed by atoms with van der Waals surface area (Å²) in [5.41, 5.74) is 0.978. The highest BCUT2D eigenvalue weighted by molar-refractivity contribution is 14.1. The number of carbonyl (C=O) groups is 1. The van der Waals surface area contributed by atoms with Crippen molar-refractivity contribution in [2.75, 3.05) is 5.32 Å². The molecule has 3 N–H and O–H groups in total. The van der Waals surface area contributed by atoms with E-state index in [1.165, 1.54) is 13.0 Å². The molecule has 150 valence electrons. The predicted molar refractivity (Wildman–Crippen MR) is 106 cm³/mol. The normalized spacial score (nSPS) is 15.8. The van der Waals surface area contributed by atoms with Crippen molar-refractivity contribution >= 4 is 51.5 Å². The number of nitrogens with one attached hydrogen (secondary N) is 2. The monoisotopic (exact) mass is 526 g/mol. The molecule has 2 aromatic carbocycles. The summed E-state index contributed by atoms with van der Waals surface area (Å²) in [4.78, 5) is 17.4. The number of anilines is 2. The number of hydrogen-bond donors (Lipinski definition) is 3. The molecule has 0 bridgehead atoms. The van der Waals surface area contributed by atoms with E-state index < -0.39 is 40.4 Å². The molecule has 1 unspecified atom stereocenters. The van der Waals surface area contributed by atoms with Crippen LogP contribution in [0.4, 0.5) is 24.5 Å². The summed E-state index contributed by atoms with van der Waals surface area (Å²) in [6.45, 7) is 1.36. The van der Waals surface area contributed by atoms with E-state index in [2.05, 4.69) is 5.32 Å². The van der Waals surface area contributed by atoms with Crippen LogP contribution in [-0.4, -0.2) is 16.8 Å². The van der Waals surface area contributed by atoms with Crippen LogP contribution in [0, 0.1) is 26.9 Å². The van der Waals surface area contributed by atoms with Gasteiger partial charge in [0.2, 0.25) is 0 Å². The lowest BCUT2D eigenvalue weighted by Crippen LogP contribution is -2.40. The largest absolute Gasteiger partial charge is 0.364 e. The van der Waals surface area contributed by atoms with Crippen LogP contribution in [0.2, 0.25) is 5.02 Å². The van der Waals surface area contributed by atoms with Crippen LogP contribution in [0.3, 0.4) is 0 Å². The summed E-state index contributed by atoms with van der Waals surface area (Å²) in [7, 11) is 0. The number of aliphatic hydroxyl groups is 1.